The minimum absolute atomic E-state index is 0.272. The number of benzene rings is 1. The summed E-state index contributed by atoms with van der Waals surface area (Å²) in [6, 6.07) is 5.58. The van der Waals surface area contributed by atoms with Crippen LogP contribution in [0.1, 0.15) is 17.0 Å². The van der Waals surface area contributed by atoms with Gasteiger partial charge in [0.05, 0.1) is 19.9 Å². The Hall–Kier alpha value is -3.13. The van der Waals surface area contributed by atoms with E-state index in [1.54, 1.807) is 26.6 Å². The molecule has 0 aliphatic rings. The molecule has 27 heavy (non-hydrogen) atoms. The largest absolute Gasteiger partial charge is 0.493 e. The fourth-order valence-electron chi connectivity index (χ4n) is 2.74. The number of methoxy groups -OCH3 is 2. The summed E-state index contributed by atoms with van der Waals surface area (Å²) in [6.07, 6.45) is 3.45. The summed E-state index contributed by atoms with van der Waals surface area (Å²) in [6.45, 7) is 3.22. The molecule has 8 nitrogen and oxygen atoms in total. The van der Waals surface area contributed by atoms with Crippen LogP contribution in [-0.4, -0.2) is 41.1 Å². The van der Waals surface area contributed by atoms with Gasteiger partial charge in [-0.15, -0.1) is 0 Å². The first-order valence-corrected chi connectivity index (χ1v) is 8.43. The first-order valence-electron chi connectivity index (χ1n) is 8.43. The predicted molar refractivity (Wildman–Crippen MR) is 101 cm³/mol. The molecule has 0 fully saturated rings. The smallest absolute Gasteiger partial charge is 0.226 e. The molecule has 0 amide bonds. The lowest BCUT2D eigenvalue weighted by Gasteiger charge is -2.14. The quantitative estimate of drug-likeness (QED) is 0.678. The molecule has 0 aliphatic heterocycles. The Kier molecular flexibility index (Phi) is 5.56. The van der Waals surface area contributed by atoms with Gasteiger partial charge in [0.2, 0.25) is 11.8 Å². The zero-order valence-electron chi connectivity index (χ0n) is 15.9. The number of nitrogen functional groups attached to an aromatic ring is 1. The molecule has 1 aromatic carbocycles. The number of nitrogens with zero attached hydrogens (tertiary/aromatic N) is 4. The summed E-state index contributed by atoms with van der Waals surface area (Å²) < 4.78 is 16.5. The Morgan fingerprint density at radius 2 is 1.78 bits per heavy atom. The summed E-state index contributed by atoms with van der Waals surface area (Å²) in [7, 11) is 5.21. The molecule has 0 atom stereocenters. The minimum atomic E-state index is 0.272. The highest BCUT2D eigenvalue weighted by Gasteiger charge is 2.15. The van der Waals surface area contributed by atoms with Crippen molar-refractivity contribution < 1.29 is 13.9 Å². The summed E-state index contributed by atoms with van der Waals surface area (Å²) in [5.74, 6) is 2.89. The van der Waals surface area contributed by atoms with E-state index in [2.05, 4.69) is 19.9 Å². The number of aromatic nitrogens is 3. The Labute approximate surface area is 158 Å². The third-order valence-corrected chi connectivity index (χ3v) is 4.12. The maximum Gasteiger partial charge on any atom is 0.226 e. The first kappa shape index (κ1) is 18.7. The van der Waals surface area contributed by atoms with Gasteiger partial charge in [0.25, 0.3) is 0 Å². The van der Waals surface area contributed by atoms with Crippen molar-refractivity contribution in [3.05, 3.63) is 47.6 Å². The van der Waals surface area contributed by atoms with Crippen molar-refractivity contribution in [3.8, 4) is 23.0 Å². The Morgan fingerprint density at radius 1 is 1.07 bits per heavy atom. The van der Waals surface area contributed by atoms with E-state index in [4.69, 9.17) is 19.6 Å². The molecule has 0 saturated heterocycles. The van der Waals surface area contributed by atoms with Gasteiger partial charge < -0.3 is 19.6 Å². The predicted octanol–water partition coefficient (Wildman–Crippen LogP) is 2.67. The second-order valence-corrected chi connectivity index (χ2v) is 6.21. The number of oxazole rings is 1. The fourth-order valence-corrected chi connectivity index (χ4v) is 2.74. The lowest BCUT2D eigenvalue weighted by Crippen LogP contribution is -2.18. The molecule has 0 unspecified atom stereocenters. The van der Waals surface area contributed by atoms with Crippen molar-refractivity contribution in [2.75, 3.05) is 27.0 Å². The molecular weight excluding hydrogens is 346 g/mol. The lowest BCUT2D eigenvalue weighted by molar-refractivity contribution is 0.312. The van der Waals surface area contributed by atoms with Crippen LogP contribution in [0.15, 0.2) is 35.0 Å². The molecular formula is C19H23N5O3. The molecule has 3 rings (SSSR count). The van der Waals surface area contributed by atoms with E-state index in [0.29, 0.717) is 30.5 Å². The van der Waals surface area contributed by atoms with Gasteiger partial charge in [0.15, 0.2) is 11.5 Å². The second-order valence-electron chi connectivity index (χ2n) is 6.21. The van der Waals surface area contributed by atoms with Gasteiger partial charge in [-0.3, -0.25) is 4.90 Å². The van der Waals surface area contributed by atoms with Crippen LogP contribution >= 0.6 is 0 Å². The standard InChI is InChI=1S/C19H23N5O3/c1-12-15(11-24(2)10-13-8-21-19(20)22-9-13)23-18(27-12)14-5-6-16(25-3)17(7-14)26-4/h5-9H,10-11H2,1-4H3,(H2,20,21,22). The van der Waals surface area contributed by atoms with Crippen LogP contribution in [0.25, 0.3) is 11.5 Å². The highest BCUT2D eigenvalue weighted by molar-refractivity contribution is 5.60. The van der Waals surface area contributed by atoms with Crippen LogP contribution in [0.3, 0.4) is 0 Å². The number of hydrogen-bond acceptors (Lipinski definition) is 8. The molecule has 2 heterocycles. The van der Waals surface area contributed by atoms with E-state index in [9.17, 15) is 0 Å². The van der Waals surface area contributed by atoms with Gasteiger partial charge in [-0.1, -0.05) is 0 Å². The number of ether oxygens (including phenoxy) is 2. The molecule has 0 aliphatic carbocycles. The van der Waals surface area contributed by atoms with E-state index in [-0.39, 0.29) is 5.95 Å². The van der Waals surface area contributed by atoms with Crippen LogP contribution < -0.4 is 15.2 Å². The minimum Gasteiger partial charge on any atom is -0.493 e. The van der Waals surface area contributed by atoms with Gasteiger partial charge in [-0.25, -0.2) is 15.0 Å². The van der Waals surface area contributed by atoms with Crippen LogP contribution in [0.4, 0.5) is 5.95 Å². The van der Waals surface area contributed by atoms with Gasteiger partial charge >= 0.3 is 0 Å². The molecule has 2 N–H and O–H groups in total. The SMILES string of the molecule is COc1ccc(-c2nc(CN(C)Cc3cnc(N)nc3)c(C)o2)cc1OC. The zero-order valence-corrected chi connectivity index (χ0v) is 15.9. The Morgan fingerprint density at radius 3 is 2.44 bits per heavy atom. The Bertz CT molecular complexity index is 908. The van der Waals surface area contributed by atoms with E-state index < -0.39 is 0 Å². The number of anilines is 1. The van der Waals surface area contributed by atoms with Crippen molar-refractivity contribution in [1.82, 2.24) is 19.9 Å². The van der Waals surface area contributed by atoms with Crippen LogP contribution in [0, 0.1) is 6.92 Å². The van der Waals surface area contributed by atoms with Gasteiger partial charge in [-0.2, -0.15) is 0 Å². The summed E-state index contributed by atoms with van der Waals surface area (Å²) >= 11 is 0. The molecule has 3 aromatic rings. The van der Waals surface area contributed by atoms with Crippen LogP contribution in [-0.2, 0) is 13.1 Å². The van der Waals surface area contributed by atoms with Gasteiger partial charge in [0.1, 0.15) is 5.76 Å². The lowest BCUT2D eigenvalue weighted by atomic mass is 10.2. The highest BCUT2D eigenvalue weighted by atomic mass is 16.5. The highest BCUT2D eigenvalue weighted by Crippen LogP contribution is 2.32. The first-order chi connectivity index (χ1) is 13.0. The molecule has 142 valence electrons. The number of aryl methyl sites for hydroxylation is 1. The molecule has 0 saturated carbocycles. The number of hydrogen-bond donors (Lipinski definition) is 1. The van der Waals surface area contributed by atoms with E-state index in [1.165, 1.54) is 0 Å². The van der Waals surface area contributed by atoms with Gasteiger partial charge in [0, 0.05) is 36.6 Å². The maximum absolute atomic E-state index is 5.87. The molecule has 2 aromatic heterocycles. The summed E-state index contributed by atoms with van der Waals surface area (Å²) in [5, 5.41) is 0. The summed E-state index contributed by atoms with van der Waals surface area (Å²) in [4.78, 5) is 14.8. The van der Waals surface area contributed by atoms with E-state index >= 15 is 0 Å². The van der Waals surface area contributed by atoms with E-state index in [0.717, 1.165) is 22.6 Å². The van der Waals surface area contributed by atoms with Crippen LogP contribution in [0.5, 0.6) is 11.5 Å². The average molecular weight is 369 g/mol. The van der Waals surface area contributed by atoms with Crippen molar-refractivity contribution in [2.45, 2.75) is 20.0 Å². The summed E-state index contributed by atoms with van der Waals surface area (Å²) in [5.41, 5.74) is 8.21. The van der Waals surface area contributed by atoms with Crippen molar-refractivity contribution >= 4 is 5.95 Å². The van der Waals surface area contributed by atoms with Crippen molar-refractivity contribution in [1.29, 1.82) is 0 Å². The second kappa shape index (κ2) is 8.05. The van der Waals surface area contributed by atoms with Crippen molar-refractivity contribution in [3.63, 3.8) is 0 Å². The molecule has 0 bridgehead atoms. The normalized spacial score (nSPS) is 11.0. The molecule has 0 spiro atoms. The third kappa shape index (κ3) is 4.35. The maximum atomic E-state index is 5.87. The Balaban J connectivity index is 1.75. The average Bonchev–Trinajstić information content (AvgIpc) is 3.03. The zero-order chi connectivity index (χ0) is 19.4. The van der Waals surface area contributed by atoms with Crippen molar-refractivity contribution in [2.24, 2.45) is 0 Å². The monoisotopic (exact) mass is 369 g/mol. The number of rotatable bonds is 7. The number of nitrogens with two attached hydrogens (primary N) is 1. The molecule has 0 radical (unpaired) electrons. The van der Waals surface area contributed by atoms with Gasteiger partial charge in [-0.05, 0) is 32.2 Å². The molecule has 8 heteroatoms. The van der Waals surface area contributed by atoms with E-state index in [1.807, 2.05) is 32.2 Å². The topological polar surface area (TPSA) is 99.5 Å². The third-order valence-electron chi connectivity index (χ3n) is 4.12. The fraction of sp³-hybridized carbons (Fsp3) is 0.316. The van der Waals surface area contributed by atoms with Crippen LogP contribution in [0.2, 0.25) is 0 Å².